The number of nitrogens with one attached hydrogen (secondary N) is 1. The Labute approximate surface area is 181 Å². The van der Waals surface area contributed by atoms with Gasteiger partial charge in [-0.15, -0.1) is 0 Å². The number of benzene rings is 2. The van der Waals surface area contributed by atoms with Crippen molar-refractivity contribution in [2.75, 3.05) is 0 Å². The zero-order chi connectivity index (χ0) is 20.1. The van der Waals surface area contributed by atoms with Gasteiger partial charge in [-0.05, 0) is 50.7 Å². The van der Waals surface area contributed by atoms with Crippen LogP contribution in [0.15, 0.2) is 68.8 Å². The number of amides is 1. The highest BCUT2D eigenvalue weighted by Gasteiger charge is 2.14. The van der Waals surface area contributed by atoms with Crippen LogP contribution >= 0.6 is 31.9 Å². The Morgan fingerprint density at radius 2 is 1.82 bits per heavy atom. The van der Waals surface area contributed by atoms with Gasteiger partial charge in [0.25, 0.3) is 5.91 Å². The van der Waals surface area contributed by atoms with E-state index >= 15 is 0 Å². The molecule has 0 saturated carbocycles. The average Bonchev–Trinajstić information content (AvgIpc) is 3.04. The quantitative estimate of drug-likeness (QED) is 0.364. The van der Waals surface area contributed by atoms with Gasteiger partial charge in [-0.3, -0.25) is 9.48 Å². The van der Waals surface area contributed by atoms with Gasteiger partial charge in [0.1, 0.15) is 0 Å². The van der Waals surface area contributed by atoms with Crippen molar-refractivity contribution in [3.05, 3.63) is 86.1 Å². The molecular formula is C21H20Br2N4O. The third-order valence-corrected chi connectivity index (χ3v) is 5.28. The first-order chi connectivity index (χ1) is 13.4. The normalized spacial score (nSPS) is 11.3. The molecule has 7 heteroatoms. The summed E-state index contributed by atoms with van der Waals surface area (Å²) in [6.45, 7) is 4.87. The van der Waals surface area contributed by atoms with E-state index in [1.54, 1.807) is 17.1 Å². The van der Waals surface area contributed by atoms with E-state index in [9.17, 15) is 4.79 Å². The predicted octanol–water partition coefficient (Wildman–Crippen LogP) is 5.34. The third kappa shape index (κ3) is 5.39. The van der Waals surface area contributed by atoms with E-state index < -0.39 is 0 Å². The van der Waals surface area contributed by atoms with Crippen molar-refractivity contribution in [1.29, 1.82) is 0 Å². The molecule has 0 saturated heterocycles. The van der Waals surface area contributed by atoms with E-state index in [-0.39, 0.29) is 5.91 Å². The first-order valence-corrected chi connectivity index (χ1v) is 10.4. The van der Waals surface area contributed by atoms with Gasteiger partial charge < -0.3 is 0 Å². The molecule has 0 spiro atoms. The second-order valence-electron chi connectivity index (χ2n) is 6.67. The third-order valence-electron chi connectivity index (χ3n) is 4.17. The summed E-state index contributed by atoms with van der Waals surface area (Å²) < 4.78 is 3.37. The highest BCUT2D eigenvalue weighted by Crippen LogP contribution is 2.17. The molecule has 0 radical (unpaired) electrons. The van der Waals surface area contributed by atoms with Crippen LogP contribution in [-0.4, -0.2) is 21.9 Å². The van der Waals surface area contributed by atoms with Crippen LogP contribution in [0, 0.1) is 0 Å². The number of hydrazone groups is 1. The maximum absolute atomic E-state index is 12.4. The molecule has 144 valence electrons. The first-order valence-electron chi connectivity index (χ1n) is 8.83. The molecule has 2 aromatic carbocycles. The molecule has 0 aliphatic rings. The van der Waals surface area contributed by atoms with E-state index in [4.69, 9.17) is 0 Å². The molecule has 1 N–H and O–H groups in total. The first kappa shape index (κ1) is 20.5. The van der Waals surface area contributed by atoms with Gasteiger partial charge in [0.05, 0.1) is 17.2 Å². The molecule has 0 atom stereocenters. The highest BCUT2D eigenvalue weighted by molar-refractivity contribution is 9.10. The predicted molar refractivity (Wildman–Crippen MR) is 119 cm³/mol. The largest absolute Gasteiger partial charge is 0.293 e. The van der Waals surface area contributed by atoms with Crippen molar-refractivity contribution in [2.45, 2.75) is 26.3 Å². The average molecular weight is 504 g/mol. The summed E-state index contributed by atoms with van der Waals surface area (Å²) in [5.74, 6) is 0.118. The smallest absolute Gasteiger partial charge is 0.266 e. The van der Waals surface area contributed by atoms with Gasteiger partial charge in [0, 0.05) is 10.7 Å². The number of hydrogen-bond donors (Lipinski definition) is 1. The molecule has 0 unspecified atom stereocenters. The van der Waals surface area contributed by atoms with Crippen molar-refractivity contribution in [1.82, 2.24) is 15.2 Å². The summed E-state index contributed by atoms with van der Waals surface area (Å²) in [7, 11) is 0. The number of halogens is 2. The van der Waals surface area contributed by atoms with Crippen LogP contribution in [0.5, 0.6) is 0 Å². The monoisotopic (exact) mass is 502 g/mol. The Morgan fingerprint density at radius 1 is 1.14 bits per heavy atom. The summed E-state index contributed by atoms with van der Waals surface area (Å²) in [6, 6.07) is 16.1. The minimum Gasteiger partial charge on any atom is -0.266 e. The molecular weight excluding hydrogens is 484 g/mol. The molecule has 0 bridgehead atoms. The lowest BCUT2D eigenvalue weighted by Gasteiger charge is -2.04. The number of hydrogen-bond acceptors (Lipinski definition) is 3. The van der Waals surface area contributed by atoms with Crippen molar-refractivity contribution in [3.63, 3.8) is 0 Å². The maximum atomic E-state index is 12.4. The van der Waals surface area contributed by atoms with Crippen molar-refractivity contribution >= 4 is 44.0 Å². The van der Waals surface area contributed by atoms with Gasteiger partial charge in [0.2, 0.25) is 0 Å². The second kappa shape index (κ2) is 9.30. The fourth-order valence-electron chi connectivity index (χ4n) is 2.59. The highest BCUT2D eigenvalue weighted by atomic mass is 79.9. The summed E-state index contributed by atoms with van der Waals surface area (Å²) in [4.78, 5) is 12.4. The van der Waals surface area contributed by atoms with E-state index in [0.717, 1.165) is 15.6 Å². The molecule has 0 aliphatic carbocycles. The van der Waals surface area contributed by atoms with Gasteiger partial charge in [-0.1, -0.05) is 66.2 Å². The van der Waals surface area contributed by atoms with Crippen LogP contribution < -0.4 is 5.43 Å². The molecule has 1 amide bonds. The Kier molecular flexibility index (Phi) is 6.80. The molecule has 0 aliphatic heterocycles. The lowest BCUT2D eigenvalue weighted by Crippen LogP contribution is -2.19. The van der Waals surface area contributed by atoms with Crippen LogP contribution in [0.3, 0.4) is 0 Å². The zero-order valence-electron chi connectivity index (χ0n) is 15.6. The fraction of sp³-hybridized carbons (Fsp3) is 0.190. The van der Waals surface area contributed by atoms with Crippen molar-refractivity contribution in [3.8, 4) is 0 Å². The molecule has 1 aromatic heterocycles. The summed E-state index contributed by atoms with van der Waals surface area (Å²) in [6.07, 6.45) is 3.40. The molecule has 3 rings (SSSR count). The number of carbonyl (C=O) groups excluding carboxylic acids is 1. The Bertz CT molecular complexity index is 977. The Balaban J connectivity index is 1.62. The Morgan fingerprint density at radius 3 is 2.46 bits per heavy atom. The fourth-order valence-corrected chi connectivity index (χ4v) is 3.35. The minimum absolute atomic E-state index is 0.296. The van der Waals surface area contributed by atoms with Crippen LogP contribution in [-0.2, 0) is 6.54 Å². The number of carbonyl (C=O) groups is 1. The Hall–Kier alpha value is -2.25. The maximum Gasteiger partial charge on any atom is 0.293 e. The van der Waals surface area contributed by atoms with E-state index in [1.807, 2.05) is 36.4 Å². The molecule has 3 aromatic rings. The summed E-state index contributed by atoms with van der Waals surface area (Å²) in [5, 5.41) is 8.39. The number of aromatic nitrogens is 2. The number of nitrogens with zero attached hydrogens (tertiary/aromatic N) is 3. The molecule has 5 nitrogen and oxygen atoms in total. The van der Waals surface area contributed by atoms with Crippen LogP contribution in [0.4, 0.5) is 0 Å². The van der Waals surface area contributed by atoms with E-state index in [1.165, 1.54) is 5.56 Å². The number of rotatable bonds is 6. The minimum atomic E-state index is -0.364. The van der Waals surface area contributed by atoms with Crippen LogP contribution in [0.1, 0.15) is 46.9 Å². The lowest BCUT2D eigenvalue weighted by atomic mass is 10.0. The molecule has 1 heterocycles. The summed E-state index contributed by atoms with van der Waals surface area (Å²) in [5.41, 5.74) is 6.10. The van der Waals surface area contributed by atoms with Crippen molar-refractivity contribution < 1.29 is 4.79 Å². The topological polar surface area (TPSA) is 59.3 Å². The standard InChI is InChI=1S/C21H20Br2N4O/c1-14(2)17-7-3-15(4-8-17)11-24-25-21(28)20-19(23)13-27(26-20)12-16-5-9-18(22)10-6-16/h3-11,13-14H,12H2,1-2H3,(H,25,28). The second-order valence-corrected chi connectivity index (χ2v) is 8.44. The van der Waals surface area contributed by atoms with Crippen LogP contribution in [0.2, 0.25) is 0 Å². The van der Waals surface area contributed by atoms with E-state index in [2.05, 4.69) is 73.5 Å². The van der Waals surface area contributed by atoms with Gasteiger partial charge in [0.15, 0.2) is 5.69 Å². The van der Waals surface area contributed by atoms with Gasteiger partial charge >= 0.3 is 0 Å². The van der Waals surface area contributed by atoms with Gasteiger partial charge in [-0.2, -0.15) is 10.2 Å². The van der Waals surface area contributed by atoms with E-state index in [0.29, 0.717) is 22.6 Å². The SMILES string of the molecule is CC(C)c1ccc(C=NNC(=O)c2nn(Cc3ccc(Br)cc3)cc2Br)cc1. The van der Waals surface area contributed by atoms with Gasteiger partial charge in [-0.25, -0.2) is 5.43 Å². The van der Waals surface area contributed by atoms with Crippen molar-refractivity contribution in [2.24, 2.45) is 5.10 Å². The lowest BCUT2D eigenvalue weighted by molar-refractivity contribution is 0.0948. The summed E-state index contributed by atoms with van der Waals surface area (Å²) >= 11 is 6.82. The molecule has 0 fully saturated rings. The molecule has 28 heavy (non-hydrogen) atoms. The van der Waals surface area contributed by atoms with Crippen LogP contribution in [0.25, 0.3) is 0 Å². The zero-order valence-corrected chi connectivity index (χ0v) is 18.7.